The van der Waals surface area contributed by atoms with Gasteiger partial charge in [-0.1, -0.05) is 0 Å². The maximum Gasteiger partial charge on any atom is 0.251 e. The molecule has 2 N–H and O–H groups in total. The predicted molar refractivity (Wildman–Crippen MR) is 81.3 cm³/mol. The van der Waals surface area contributed by atoms with Gasteiger partial charge in [0.15, 0.2) is 0 Å². The monoisotopic (exact) mass is 301 g/mol. The van der Waals surface area contributed by atoms with Gasteiger partial charge in [0.2, 0.25) is 0 Å². The summed E-state index contributed by atoms with van der Waals surface area (Å²) in [5.74, 6) is 1.24. The summed E-state index contributed by atoms with van der Waals surface area (Å²) in [4.78, 5) is 11.1. The third-order valence-electron chi connectivity index (χ3n) is 3.63. The number of primary amides is 1. The average molecular weight is 301 g/mol. The van der Waals surface area contributed by atoms with Crippen molar-refractivity contribution in [1.29, 1.82) is 0 Å². The number of carbonyl (C=O) groups is 1. The third-order valence-corrected chi connectivity index (χ3v) is 3.63. The van der Waals surface area contributed by atoms with Crippen molar-refractivity contribution in [1.82, 2.24) is 9.78 Å². The molecule has 0 spiro atoms. The van der Waals surface area contributed by atoms with Gasteiger partial charge in [-0.2, -0.15) is 5.10 Å². The first-order valence-electron chi connectivity index (χ1n) is 7.34. The zero-order chi connectivity index (χ0) is 15.7. The van der Waals surface area contributed by atoms with Gasteiger partial charge in [0, 0.05) is 23.7 Å². The molecular formula is C16H19N3O3. The molecule has 2 heterocycles. The number of fused-ring (bicyclic) bond motifs is 1. The van der Waals surface area contributed by atoms with E-state index in [-0.39, 0.29) is 6.10 Å². The topological polar surface area (TPSA) is 79.4 Å². The number of nitrogens with zero attached hydrogens (tertiary/aromatic N) is 2. The number of hydrogen-bond acceptors (Lipinski definition) is 4. The lowest BCUT2D eigenvalue weighted by Crippen LogP contribution is -2.10. The van der Waals surface area contributed by atoms with Crippen molar-refractivity contribution in [3.8, 4) is 11.5 Å². The Morgan fingerprint density at radius 2 is 2.36 bits per heavy atom. The molecule has 1 aliphatic heterocycles. The second-order valence-electron chi connectivity index (χ2n) is 5.42. The van der Waals surface area contributed by atoms with E-state index >= 15 is 0 Å². The van der Waals surface area contributed by atoms with Crippen molar-refractivity contribution < 1.29 is 14.3 Å². The van der Waals surface area contributed by atoms with E-state index in [4.69, 9.17) is 15.2 Å². The van der Waals surface area contributed by atoms with Crippen LogP contribution >= 0.6 is 0 Å². The molecule has 0 fully saturated rings. The highest BCUT2D eigenvalue weighted by atomic mass is 16.5. The minimum Gasteiger partial charge on any atom is -0.494 e. The van der Waals surface area contributed by atoms with E-state index in [1.165, 1.54) is 6.20 Å². The lowest BCUT2D eigenvalue weighted by molar-refractivity contribution is 0.1000. The number of rotatable bonds is 5. The summed E-state index contributed by atoms with van der Waals surface area (Å²) in [6.45, 7) is 5.09. The summed E-state index contributed by atoms with van der Waals surface area (Å²) < 4.78 is 13.2. The minimum absolute atomic E-state index is 0.186. The summed E-state index contributed by atoms with van der Waals surface area (Å²) >= 11 is 0. The van der Waals surface area contributed by atoms with Gasteiger partial charge in [0.25, 0.3) is 5.91 Å². The van der Waals surface area contributed by atoms with Gasteiger partial charge >= 0.3 is 0 Å². The highest BCUT2D eigenvalue weighted by molar-refractivity contribution is 5.92. The number of carbonyl (C=O) groups excluding carboxylic acids is 1. The van der Waals surface area contributed by atoms with Crippen LogP contribution < -0.4 is 15.2 Å². The Morgan fingerprint density at radius 3 is 3.05 bits per heavy atom. The smallest absolute Gasteiger partial charge is 0.251 e. The second kappa shape index (κ2) is 5.71. The number of amides is 1. The van der Waals surface area contributed by atoms with E-state index in [9.17, 15) is 4.79 Å². The Labute approximate surface area is 128 Å². The Balaban J connectivity index is 1.91. The van der Waals surface area contributed by atoms with Gasteiger partial charge in [0.05, 0.1) is 24.9 Å². The van der Waals surface area contributed by atoms with Gasteiger partial charge in [-0.25, -0.2) is 0 Å². The van der Waals surface area contributed by atoms with Crippen LogP contribution in [0.25, 0.3) is 0 Å². The first-order valence-corrected chi connectivity index (χ1v) is 7.34. The predicted octanol–water partition coefficient (Wildman–Crippen LogP) is 1.75. The zero-order valence-corrected chi connectivity index (χ0v) is 12.7. The first-order chi connectivity index (χ1) is 10.6. The van der Waals surface area contributed by atoms with Crippen LogP contribution in [-0.2, 0) is 13.0 Å². The van der Waals surface area contributed by atoms with E-state index in [0.717, 1.165) is 29.0 Å². The molecule has 0 saturated heterocycles. The van der Waals surface area contributed by atoms with Crippen LogP contribution in [0, 0.1) is 0 Å². The maximum atomic E-state index is 11.1. The molecule has 0 saturated carbocycles. The van der Waals surface area contributed by atoms with E-state index in [2.05, 4.69) is 5.10 Å². The van der Waals surface area contributed by atoms with Crippen LogP contribution in [0.15, 0.2) is 24.5 Å². The minimum atomic E-state index is -0.484. The number of aromatic nitrogens is 2. The summed E-state index contributed by atoms with van der Waals surface area (Å²) in [7, 11) is 0. The largest absolute Gasteiger partial charge is 0.494 e. The Kier molecular flexibility index (Phi) is 3.75. The number of nitrogens with two attached hydrogens (primary N) is 1. The van der Waals surface area contributed by atoms with Crippen molar-refractivity contribution in [2.45, 2.75) is 32.9 Å². The number of benzene rings is 1. The highest BCUT2D eigenvalue weighted by Crippen LogP contribution is 2.35. The number of hydrogen-bond donors (Lipinski definition) is 1. The Bertz CT molecular complexity index is 709. The van der Waals surface area contributed by atoms with Crippen LogP contribution in [0.2, 0.25) is 0 Å². The van der Waals surface area contributed by atoms with Gasteiger partial charge in [-0.3, -0.25) is 9.48 Å². The first kappa shape index (κ1) is 14.4. The van der Waals surface area contributed by atoms with Crippen molar-refractivity contribution >= 4 is 5.91 Å². The molecule has 22 heavy (non-hydrogen) atoms. The summed E-state index contributed by atoms with van der Waals surface area (Å²) in [5, 5.41) is 4.16. The molecule has 6 heteroatoms. The maximum absolute atomic E-state index is 11.1. The van der Waals surface area contributed by atoms with Crippen molar-refractivity contribution in [3.63, 3.8) is 0 Å². The molecule has 1 amide bonds. The van der Waals surface area contributed by atoms with Crippen molar-refractivity contribution in [2.24, 2.45) is 5.73 Å². The molecule has 0 bridgehead atoms. The lowest BCUT2D eigenvalue weighted by Gasteiger charge is -2.12. The molecular weight excluding hydrogens is 282 g/mol. The summed E-state index contributed by atoms with van der Waals surface area (Å²) in [6, 6.07) is 4.03. The standard InChI is InChI=1S/C16H19N3O3/c1-3-21-14-5-11-4-10(2)22-15(11)6-12(14)8-19-9-13(7-18-19)16(17)20/h5-7,9-10H,3-4,8H2,1-2H3,(H2,17,20)/t10-/m0/s1. The molecule has 1 aliphatic rings. The van der Waals surface area contributed by atoms with E-state index in [0.29, 0.717) is 18.7 Å². The summed E-state index contributed by atoms with van der Waals surface area (Å²) in [6.07, 6.45) is 4.18. The molecule has 3 rings (SSSR count). The summed E-state index contributed by atoms with van der Waals surface area (Å²) in [5.41, 5.74) is 7.77. The average Bonchev–Trinajstić information content (AvgIpc) is 3.05. The zero-order valence-electron chi connectivity index (χ0n) is 12.7. The fourth-order valence-corrected chi connectivity index (χ4v) is 2.65. The van der Waals surface area contributed by atoms with Crippen molar-refractivity contribution in [2.75, 3.05) is 6.61 Å². The van der Waals surface area contributed by atoms with Gasteiger partial charge in [-0.05, 0) is 26.0 Å². The molecule has 0 unspecified atom stereocenters. The Morgan fingerprint density at radius 1 is 1.55 bits per heavy atom. The van der Waals surface area contributed by atoms with Crippen LogP contribution in [0.4, 0.5) is 0 Å². The fourth-order valence-electron chi connectivity index (χ4n) is 2.65. The molecule has 0 radical (unpaired) electrons. The Hall–Kier alpha value is -2.50. The van der Waals surface area contributed by atoms with Crippen molar-refractivity contribution in [3.05, 3.63) is 41.2 Å². The molecule has 2 aromatic rings. The molecule has 1 aromatic carbocycles. The van der Waals surface area contributed by atoms with Gasteiger partial charge < -0.3 is 15.2 Å². The van der Waals surface area contributed by atoms with E-state index in [1.54, 1.807) is 10.9 Å². The second-order valence-corrected chi connectivity index (χ2v) is 5.42. The fraction of sp³-hybridized carbons (Fsp3) is 0.375. The third kappa shape index (κ3) is 2.77. The van der Waals surface area contributed by atoms with Gasteiger partial charge in [0.1, 0.15) is 17.6 Å². The SMILES string of the molecule is CCOc1cc2c(cc1Cn1cc(C(N)=O)cn1)O[C@@H](C)C2. The van der Waals surface area contributed by atoms with Crippen LogP contribution in [0.5, 0.6) is 11.5 Å². The van der Waals surface area contributed by atoms with E-state index < -0.39 is 5.91 Å². The number of ether oxygens (including phenoxy) is 2. The molecule has 1 atom stereocenters. The van der Waals surface area contributed by atoms with E-state index in [1.807, 2.05) is 26.0 Å². The molecule has 0 aliphatic carbocycles. The van der Waals surface area contributed by atoms with Gasteiger partial charge in [-0.15, -0.1) is 0 Å². The van der Waals surface area contributed by atoms with Crippen LogP contribution in [0.3, 0.4) is 0 Å². The quantitative estimate of drug-likeness (QED) is 0.912. The molecule has 1 aromatic heterocycles. The van der Waals surface area contributed by atoms with Crippen LogP contribution in [-0.4, -0.2) is 28.4 Å². The highest BCUT2D eigenvalue weighted by Gasteiger charge is 2.22. The lowest BCUT2D eigenvalue weighted by atomic mass is 10.1. The normalized spacial score (nSPS) is 16.2. The van der Waals surface area contributed by atoms with Crippen LogP contribution in [0.1, 0.15) is 35.3 Å². The molecule has 6 nitrogen and oxygen atoms in total. The molecule has 116 valence electrons.